The Labute approximate surface area is 165 Å². The van der Waals surface area contributed by atoms with E-state index < -0.39 is 29.7 Å². The van der Waals surface area contributed by atoms with E-state index >= 15 is 0 Å². The summed E-state index contributed by atoms with van der Waals surface area (Å²) >= 11 is 5.89. The van der Waals surface area contributed by atoms with Crippen LogP contribution in [0.25, 0.3) is 0 Å². The molecule has 0 bridgehead atoms. The molecule has 0 saturated carbocycles. The molecule has 9 heteroatoms. The van der Waals surface area contributed by atoms with Crippen molar-refractivity contribution in [1.29, 1.82) is 5.26 Å². The Balaban J connectivity index is 1.89. The molecule has 0 unspecified atom stereocenters. The van der Waals surface area contributed by atoms with Gasteiger partial charge in [0.1, 0.15) is 11.2 Å². The van der Waals surface area contributed by atoms with Crippen LogP contribution in [-0.2, 0) is 4.74 Å². The summed E-state index contributed by atoms with van der Waals surface area (Å²) in [5, 5.41) is 11.6. The standard InChI is InChI=1S/C19H16ClFN4O3/c1-10(25-18(26)12-5-3-4-6-13(12)19(25)27)15(9-28-2)23-17-14(21)7-11(8-22)16(20)24-17/h3-7,10,15H,9H2,1-2H3,(H,23,24)/t10-,15+/m0/s1. The van der Waals surface area contributed by atoms with E-state index in [0.717, 1.165) is 11.0 Å². The number of rotatable bonds is 6. The SMILES string of the molecule is COC[C@@H](Nc1nc(Cl)c(C#N)cc1F)[C@H](C)N1C(=O)c2ccccc2C1=O. The van der Waals surface area contributed by atoms with Crippen LogP contribution in [0.1, 0.15) is 33.2 Å². The van der Waals surface area contributed by atoms with Crippen LogP contribution in [0, 0.1) is 17.1 Å². The molecule has 1 aromatic carbocycles. The molecule has 1 aliphatic rings. The van der Waals surface area contributed by atoms with Gasteiger partial charge in [0.2, 0.25) is 0 Å². The number of amides is 2. The van der Waals surface area contributed by atoms with Crippen LogP contribution in [0.15, 0.2) is 30.3 Å². The first-order chi connectivity index (χ1) is 13.4. The number of nitrogens with zero attached hydrogens (tertiary/aromatic N) is 3. The second-order valence-electron chi connectivity index (χ2n) is 6.24. The molecule has 2 atom stereocenters. The lowest BCUT2D eigenvalue weighted by atomic mass is 10.1. The van der Waals surface area contributed by atoms with Gasteiger partial charge >= 0.3 is 0 Å². The second kappa shape index (κ2) is 7.92. The number of ether oxygens (including phenoxy) is 1. The van der Waals surface area contributed by atoms with Crippen LogP contribution >= 0.6 is 11.6 Å². The average molecular weight is 403 g/mol. The molecule has 2 amide bonds. The number of aromatic nitrogens is 1. The zero-order chi connectivity index (χ0) is 20.4. The number of imide groups is 1. The van der Waals surface area contributed by atoms with Crippen molar-refractivity contribution in [2.24, 2.45) is 0 Å². The Bertz CT molecular complexity index is 957. The van der Waals surface area contributed by atoms with Crippen LogP contribution in [0.4, 0.5) is 10.2 Å². The highest BCUT2D eigenvalue weighted by Crippen LogP contribution is 2.27. The van der Waals surface area contributed by atoms with Crippen molar-refractivity contribution in [3.05, 3.63) is 58.0 Å². The van der Waals surface area contributed by atoms with Gasteiger partial charge in [-0.25, -0.2) is 9.37 Å². The minimum atomic E-state index is -0.781. The molecule has 1 aliphatic heterocycles. The first kappa shape index (κ1) is 19.7. The van der Waals surface area contributed by atoms with Crippen LogP contribution in [0.3, 0.4) is 0 Å². The highest BCUT2D eigenvalue weighted by atomic mass is 35.5. The third-order valence-corrected chi connectivity index (χ3v) is 4.82. The Hall–Kier alpha value is -3.02. The molecule has 7 nitrogen and oxygen atoms in total. The molecule has 0 fully saturated rings. The first-order valence-corrected chi connectivity index (χ1v) is 8.75. The van der Waals surface area contributed by atoms with Gasteiger partial charge in [-0.2, -0.15) is 5.26 Å². The van der Waals surface area contributed by atoms with Gasteiger partial charge in [-0.15, -0.1) is 0 Å². The van der Waals surface area contributed by atoms with Crippen LogP contribution < -0.4 is 5.32 Å². The van der Waals surface area contributed by atoms with E-state index in [2.05, 4.69) is 10.3 Å². The molecule has 0 saturated heterocycles. The molecule has 0 aliphatic carbocycles. The molecule has 0 radical (unpaired) electrons. The maximum atomic E-state index is 14.3. The lowest BCUT2D eigenvalue weighted by Crippen LogP contribution is -2.50. The summed E-state index contributed by atoms with van der Waals surface area (Å²) in [5.74, 6) is -1.84. The molecule has 28 heavy (non-hydrogen) atoms. The molecule has 1 N–H and O–H groups in total. The highest BCUT2D eigenvalue weighted by molar-refractivity contribution is 6.30. The van der Waals surface area contributed by atoms with Gasteiger partial charge in [0, 0.05) is 7.11 Å². The van der Waals surface area contributed by atoms with E-state index in [1.165, 1.54) is 7.11 Å². The number of carbonyl (C=O) groups excluding carboxylic acids is 2. The second-order valence-corrected chi connectivity index (χ2v) is 6.60. The number of anilines is 1. The minimum Gasteiger partial charge on any atom is -0.382 e. The lowest BCUT2D eigenvalue weighted by molar-refractivity contribution is 0.0548. The van der Waals surface area contributed by atoms with Gasteiger partial charge in [0.05, 0.1) is 35.4 Å². The summed E-state index contributed by atoms with van der Waals surface area (Å²) in [6.07, 6.45) is 0. The molecule has 0 spiro atoms. The fourth-order valence-electron chi connectivity index (χ4n) is 3.06. The Kier molecular flexibility index (Phi) is 5.58. The summed E-state index contributed by atoms with van der Waals surface area (Å²) < 4.78 is 19.5. The van der Waals surface area contributed by atoms with Crippen LogP contribution in [0.2, 0.25) is 5.15 Å². The van der Waals surface area contributed by atoms with Crippen LogP contribution in [-0.4, -0.2) is 47.5 Å². The molecular formula is C19H16ClFN4O3. The number of benzene rings is 1. The highest BCUT2D eigenvalue weighted by Gasteiger charge is 2.41. The van der Waals surface area contributed by atoms with Crippen molar-refractivity contribution in [2.75, 3.05) is 19.0 Å². The maximum Gasteiger partial charge on any atom is 0.261 e. The average Bonchev–Trinajstić information content (AvgIpc) is 2.94. The summed E-state index contributed by atoms with van der Waals surface area (Å²) in [4.78, 5) is 30.4. The van der Waals surface area contributed by atoms with Gasteiger partial charge in [-0.05, 0) is 25.1 Å². The number of nitriles is 1. The summed E-state index contributed by atoms with van der Waals surface area (Å²) in [5.41, 5.74) is 0.545. The third-order valence-electron chi connectivity index (χ3n) is 4.53. The van der Waals surface area contributed by atoms with E-state index in [1.807, 2.05) is 0 Å². The van der Waals surface area contributed by atoms with Crippen molar-refractivity contribution in [2.45, 2.75) is 19.0 Å². The van der Waals surface area contributed by atoms with Gasteiger partial charge in [-0.1, -0.05) is 23.7 Å². The molecule has 144 valence electrons. The van der Waals surface area contributed by atoms with Gasteiger partial charge in [-0.3, -0.25) is 14.5 Å². The third kappa shape index (κ3) is 3.42. The molecule has 3 rings (SSSR count). The normalized spacial score (nSPS) is 15.2. The van der Waals surface area contributed by atoms with Gasteiger partial charge < -0.3 is 10.1 Å². The van der Waals surface area contributed by atoms with Crippen molar-refractivity contribution in [3.8, 4) is 6.07 Å². The fraction of sp³-hybridized carbons (Fsp3) is 0.263. The lowest BCUT2D eigenvalue weighted by Gasteiger charge is -2.31. The fourth-order valence-corrected chi connectivity index (χ4v) is 3.24. The topological polar surface area (TPSA) is 95.3 Å². The van der Waals surface area contributed by atoms with Gasteiger partial charge in [0.25, 0.3) is 11.8 Å². The van der Waals surface area contributed by atoms with Crippen LogP contribution in [0.5, 0.6) is 0 Å². The summed E-state index contributed by atoms with van der Waals surface area (Å²) in [6, 6.07) is 7.90. The number of fused-ring (bicyclic) bond motifs is 1. The van der Waals surface area contributed by atoms with Crippen molar-refractivity contribution in [3.63, 3.8) is 0 Å². The van der Waals surface area contributed by atoms with E-state index in [9.17, 15) is 14.0 Å². The number of carbonyl (C=O) groups is 2. The number of nitrogens with one attached hydrogen (secondary N) is 1. The maximum absolute atomic E-state index is 14.3. The minimum absolute atomic E-state index is 0.0628. The smallest absolute Gasteiger partial charge is 0.261 e. The predicted octanol–water partition coefficient (Wildman–Crippen LogP) is 2.86. The zero-order valence-electron chi connectivity index (χ0n) is 15.1. The monoisotopic (exact) mass is 402 g/mol. The zero-order valence-corrected chi connectivity index (χ0v) is 15.8. The quantitative estimate of drug-likeness (QED) is 0.589. The van der Waals surface area contributed by atoms with E-state index in [1.54, 1.807) is 37.3 Å². The van der Waals surface area contributed by atoms with Crippen molar-refractivity contribution >= 4 is 29.2 Å². The van der Waals surface area contributed by atoms with E-state index in [0.29, 0.717) is 11.1 Å². The number of hydrogen-bond donors (Lipinski definition) is 1. The molecule has 2 aromatic rings. The number of pyridine rings is 1. The van der Waals surface area contributed by atoms with E-state index in [4.69, 9.17) is 21.6 Å². The number of hydrogen-bond acceptors (Lipinski definition) is 6. The largest absolute Gasteiger partial charge is 0.382 e. The Morgan fingerprint density at radius 2 is 1.93 bits per heavy atom. The van der Waals surface area contributed by atoms with Crippen molar-refractivity contribution in [1.82, 2.24) is 9.88 Å². The summed E-state index contributed by atoms with van der Waals surface area (Å²) in [7, 11) is 1.44. The predicted molar refractivity (Wildman–Crippen MR) is 99.6 cm³/mol. The van der Waals surface area contributed by atoms with Gasteiger partial charge in [0.15, 0.2) is 11.6 Å². The summed E-state index contributed by atoms with van der Waals surface area (Å²) in [6.45, 7) is 1.72. The van der Waals surface area contributed by atoms with E-state index in [-0.39, 0.29) is 23.1 Å². The number of methoxy groups -OCH3 is 1. The molecule has 2 heterocycles. The number of halogens is 2. The Morgan fingerprint density at radius 1 is 1.32 bits per heavy atom. The molecular weight excluding hydrogens is 387 g/mol. The Morgan fingerprint density at radius 3 is 2.46 bits per heavy atom. The van der Waals surface area contributed by atoms with Crippen molar-refractivity contribution < 1.29 is 18.7 Å². The molecule has 1 aromatic heterocycles. The first-order valence-electron chi connectivity index (χ1n) is 8.37.